The molecule has 0 fully saturated rings. The first-order valence-corrected chi connectivity index (χ1v) is 6.24. The maximum Gasteiger partial charge on any atom is 0.0364 e. The van der Waals surface area contributed by atoms with E-state index in [4.69, 9.17) is 0 Å². The van der Waals surface area contributed by atoms with Gasteiger partial charge in [-0.3, -0.25) is 0 Å². The van der Waals surface area contributed by atoms with Gasteiger partial charge in [-0.05, 0) is 44.0 Å². The van der Waals surface area contributed by atoms with Gasteiger partial charge in [-0.15, -0.1) is 6.58 Å². The van der Waals surface area contributed by atoms with Crippen LogP contribution in [-0.2, 0) is 0 Å². The zero-order valence-electron chi connectivity index (χ0n) is 11.2. The van der Waals surface area contributed by atoms with E-state index in [0.29, 0.717) is 6.04 Å². The van der Waals surface area contributed by atoms with Crippen LogP contribution in [0, 0.1) is 0 Å². The highest BCUT2D eigenvalue weighted by molar-refractivity contribution is 5.47. The fraction of sp³-hybridized carbons (Fsp3) is 0.467. The van der Waals surface area contributed by atoms with Gasteiger partial charge in [0.25, 0.3) is 0 Å². The molecule has 1 aromatic rings. The summed E-state index contributed by atoms with van der Waals surface area (Å²) in [6, 6.07) is 9.16. The number of anilines is 1. The second kappa shape index (κ2) is 7.13. The largest absolute Gasteiger partial charge is 0.378 e. The Labute approximate surface area is 105 Å². The summed E-state index contributed by atoms with van der Waals surface area (Å²) in [7, 11) is 6.18. The van der Waals surface area contributed by atoms with Crippen LogP contribution in [0.1, 0.15) is 30.9 Å². The Bertz CT molecular complexity index is 345. The lowest BCUT2D eigenvalue weighted by molar-refractivity contribution is 0.530. The molecular weight excluding hydrogens is 208 g/mol. The van der Waals surface area contributed by atoms with Crippen molar-refractivity contribution in [2.24, 2.45) is 0 Å². The van der Waals surface area contributed by atoms with E-state index in [1.165, 1.54) is 17.7 Å². The van der Waals surface area contributed by atoms with Crippen LogP contribution in [0.4, 0.5) is 5.69 Å². The van der Waals surface area contributed by atoms with Crippen molar-refractivity contribution in [1.82, 2.24) is 5.32 Å². The van der Waals surface area contributed by atoms with E-state index in [1.807, 2.05) is 13.1 Å². The van der Waals surface area contributed by atoms with E-state index >= 15 is 0 Å². The van der Waals surface area contributed by atoms with Gasteiger partial charge in [0, 0.05) is 25.8 Å². The van der Waals surface area contributed by atoms with E-state index in [9.17, 15) is 0 Å². The molecule has 1 rings (SSSR count). The van der Waals surface area contributed by atoms with Crippen LogP contribution in [0.5, 0.6) is 0 Å². The molecule has 2 heteroatoms. The van der Waals surface area contributed by atoms with E-state index in [2.05, 4.69) is 55.2 Å². The molecule has 0 aliphatic heterocycles. The SMILES string of the molecule is C=CCCCC(NC)c1cccc(N(C)C)c1. The zero-order valence-corrected chi connectivity index (χ0v) is 11.2. The molecular formula is C15H24N2. The van der Waals surface area contributed by atoms with Crippen molar-refractivity contribution in [3.05, 3.63) is 42.5 Å². The van der Waals surface area contributed by atoms with Gasteiger partial charge in [-0.25, -0.2) is 0 Å². The first-order valence-electron chi connectivity index (χ1n) is 6.24. The summed E-state index contributed by atoms with van der Waals surface area (Å²) in [5, 5.41) is 3.39. The van der Waals surface area contributed by atoms with Crippen LogP contribution >= 0.6 is 0 Å². The Morgan fingerprint density at radius 2 is 2.18 bits per heavy atom. The highest BCUT2D eigenvalue weighted by atomic mass is 15.1. The molecule has 17 heavy (non-hydrogen) atoms. The number of allylic oxidation sites excluding steroid dienone is 1. The van der Waals surface area contributed by atoms with Crippen LogP contribution in [0.2, 0.25) is 0 Å². The van der Waals surface area contributed by atoms with Gasteiger partial charge in [0.2, 0.25) is 0 Å². The van der Waals surface area contributed by atoms with E-state index in [1.54, 1.807) is 0 Å². The molecule has 0 amide bonds. The van der Waals surface area contributed by atoms with Crippen LogP contribution in [0.25, 0.3) is 0 Å². The van der Waals surface area contributed by atoms with Crippen molar-refractivity contribution in [3.8, 4) is 0 Å². The zero-order chi connectivity index (χ0) is 12.7. The fourth-order valence-corrected chi connectivity index (χ4v) is 1.96. The summed E-state index contributed by atoms with van der Waals surface area (Å²) in [5.74, 6) is 0. The highest BCUT2D eigenvalue weighted by Crippen LogP contribution is 2.23. The van der Waals surface area contributed by atoms with Gasteiger partial charge >= 0.3 is 0 Å². The molecule has 2 nitrogen and oxygen atoms in total. The summed E-state index contributed by atoms with van der Waals surface area (Å²) in [5.41, 5.74) is 2.62. The third-order valence-corrected chi connectivity index (χ3v) is 3.04. The molecule has 1 atom stereocenters. The molecule has 1 unspecified atom stereocenters. The smallest absolute Gasteiger partial charge is 0.0364 e. The molecule has 0 aliphatic carbocycles. The highest BCUT2D eigenvalue weighted by Gasteiger charge is 2.09. The minimum absolute atomic E-state index is 0.440. The van der Waals surface area contributed by atoms with Gasteiger partial charge in [0.15, 0.2) is 0 Å². The van der Waals surface area contributed by atoms with Gasteiger partial charge in [-0.2, -0.15) is 0 Å². The van der Waals surface area contributed by atoms with Crippen molar-refractivity contribution >= 4 is 5.69 Å². The quantitative estimate of drug-likeness (QED) is 0.573. The molecule has 0 aliphatic rings. The van der Waals surface area contributed by atoms with Crippen molar-refractivity contribution in [2.45, 2.75) is 25.3 Å². The molecule has 0 radical (unpaired) electrons. The van der Waals surface area contributed by atoms with E-state index in [0.717, 1.165) is 12.8 Å². The molecule has 94 valence electrons. The minimum Gasteiger partial charge on any atom is -0.378 e. The lowest BCUT2D eigenvalue weighted by Crippen LogP contribution is -2.17. The van der Waals surface area contributed by atoms with E-state index < -0.39 is 0 Å². The molecule has 0 aromatic heterocycles. The standard InChI is InChI=1S/C15H24N2/c1-5-6-7-11-15(16-2)13-9-8-10-14(12-13)17(3)4/h5,8-10,12,15-16H,1,6-7,11H2,2-4H3. The monoisotopic (exact) mass is 232 g/mol. The average molecular weight is 232 g/mol. The van der Waals surface area contributed by atoms with Crippen molar-refractivity contribution in [3.63, 3.8) is 0 Å². The Balaban J connectivity index is 2.73. The number of nitrogens with zero attached hydrogens (tertiary/aromatic N) is 1. The summed E-state index contributed by atoms with van der Waals surface area (Å²) in [6.45, 7) is 3.77. The second-order valence-corrected chi connectivity index (χ2v) is 4.55. The van der Waals surface area contributed by atoms with Gasteiger partial charge in [0.1, 0.15) is 0 Å². The third-order valence-electron chi connectivity index (χ3n) is 3.04. The number of unbranched alkanes of at least 4 members (excludes halogenated alkanes) is 1. The predicted octanol–water partition coefficient (Wildman–Crippen LogP) is 3.37. The number of nitrogens with one attached hydrogen (secondary N) is 1. The summed E-state index contributed by atoms with van der Waals surface area (Å²) >= 11 is 0. The molecule has 1 aromatic carbocycles. The molecule has 0 heterocycles. The lowest BCUT2D eigenvalue weighted by atomic mass is 10.0. The van der Waals surface area contributed by atoms with Crippen molar-refractivity contribution < 1.29 is 0 Å². The lowest BCUT2D eigenvalue weighted by Gasteiger charge is -2.19. The Morgan fingerprint density at radius 1 is 1.41 bits per heavy atom. The van der Waals surface area contributed by atoms with Crippen LogP contribution in [0.15, 0.2) is 36.9 Å². The number of rotatable bonds is 7. The maximum atomic E-state index is 3.77. The minimum atomic E-state index is 0.440. The average Bonchev–Trinajstić information content (AvgIpc) is 2.35. The van der Waals surface area contributed by atoms with Gasteiger partial charge in [-0.1, -0.05) is 18.2 Å². The molecule has 0 spiro atoms. The topological polar surface area (TPSA) is 15.3 Å². The number of benzene rings is 1. The van der Waals surface area contributed by atoms with Crippen molar-refractivity contribution in [2.75, 3.05) is 26.0 Å². The fourth-order valence-electron chi connectivity index (χ4n) is 1.96. The van der Waals surface area contributed by atoms with Crippen LogP contribution < -0.4 is 10.2 Å². The first-order chi connectivity index (χ1) is 8.19. The first kappa shape index (κ1) is 13.8. The Hall–Kier alpha value is -1.28. The van der Waals surface area contributed by atoms with Gasteiger partial charge < -0.3 is 10.2 Å². The molecule has 0 saturated carbocycles. The Kier molecular flexibility index (Phi) is 5.78. The van der Waals surface area contributed by atoms with Crippen LogP contribution in [-0.4, -0.2) is 21.1 Å². The predicted molar refractivity (Wildman–Crippen MR) is 76.6 cm³/mol. The molecule has 1 N–H and O–H groups in total. The summed E-state index contributed by atoms with van der Waals surface area (Å²) in [6.07, 6.45) is 5.41. The third kappa shape index (κ3) is 4.23. The molecule has 0 bridgehead atoms. The Morgan fingerprint density at radius 3 is 2.76 bits per heavy atom. The van der Waals surface area contributed by atoms with E-state index in [-0.39, 0.29) is 0 Å². The summed E-state index contributed by atoms with van der Waals surface area (Å²) in [4.78, 5) is 2.14. The number of hydrogen-bond acceptors (Lipinski definition) is 2. The van der Waals surface area contributed by atoms with Crippen LogP contribution in [0.3, 0.4) is 0 Å². The van der Waals surface area contributed by atoms with Crippen molar-refractivity contribution in [1.29, 1.82) is 0 Å². The second-order valence-electron chi connectivity index (χ2n) is 4.55. The summed E-state index contributed by atoms with van der Waals surface area (Å²) < 4.78 is 0. The maximum absolute atomic E-state index is 3.77. The molecule has 0 saturated heterocycles. The van der Waals surface area contributed by atoms with Gasteiger partial charge in [0.05, 0.1) is 0 Å². The normalized spacial score (nSPS) is 12.2. The number of hydrogen-bond donors (Lipinski definition) is 1.